The Bertz CT molecular complexity index is 605. The monoisotopic (exact) mass is 348 g/mol. The molecule has 0 spiro atoms. The van der Waals surface area contributed by atoms with Gasteiger partial charge in [-0.1, -0.05) is 43.2 Å². The Hall–Kier alpha value is -2.41. The van der Waals surface area contributed by atoms with Gasteiger partial charge in [-0.3, -0.25) is 19.2 Å². The lowest BCUT2D eigenvalue weighted by Gasteiger charge is -2.30. The van der Waals surface area contributed by atoms with Crippen LogP contribution in [0.1, 0.15) is 31.2 Å². The number of carbonyl (C=O) groups is 3. The Morgan fingerprint density at radius 1 is 1.16 bits per heavy atom. The van der Waals surface area contributed by atoms with Gasteiger partial charge in [0.15, 0.2) is 0 Å². The van der Waals surface area contributed by atoms with Crippen LogP contribution in [0.5, 0.6) is 0 Å². The summed E-state index contributed by atoms with van der Waals surface area (Å²) in [6, 6.07) is 9.37. The van der Waals surface area contributed by atoms with Crippen LogP contribution in [0.4, 0.5) is 0 Å². The van der Waals surface area contributed by atoms with E-state index in [4.69, 9.17) is 4.84 Å². The molecule has 0 heterocycles. The van der Waals surface area contributed by atoms with Crippen LogP contribution in [-0.4, -0.2) is 41.4 Å². The highest BCUT2D eigenvalue weighted by Gasteiger charge is 2.37. The number of amides is 2. The van der Waals surface area contributed by atoms with Crippen molar-refractivity contribution in [2.24, 2.45) is 11.8 Å². The summed E-state index contributed by atoms with van der Waals surface area (Å²) < 4.78 is 0. The fraction of sp³-hybridized carbons (Fsp3) is 0.500. The normalized spacial score (nSPS) is 19.9. The predicted octanol–water partition coefficient (Wildman–Crippen LogP) is 1.58. The van der Waals surface area contributed by atoms with Crippen LogP contribution in [0.3, 0.4) is 0 Å². The second-order valence-electron chi connectivity index (χ2n) is 6.33. The third-order valence-corrected chi connectivity index (χ3v) is 4.43. The molecule has 7 heteroatoms. The zero-order valence-electron chi connectivity index (χ0n) is 14.3. The van der Waals surface area contributed by atoms with E-state index in [2.05, 4.69) is 5.48 Å². The van der Waals surface area contributed by atoms with E-state index < -0.39 is 23.7 Å². The molecule has 2 N–H and O–H groups in total. The molecule has 2 amide bonds. The minimum atomic E-state index is -0.943. The minimum absolute atomic E-state index is 0.170. The Balaban J connectivity index is 1.79. The highest BCUT2D eigenvalue weighted by atomic mass is 16.6. The molecule has 7 nitrogen and oxygen atoms in total. The van der Waals surface area contributed by atoms with Gasteiger partial charge in [0.1, 0.15) is 6.54 Å². The molecule has 0 bridgehead atoms. The number of rotatable bonds is 7. The van der Waals surface area contributed by atoms with Gasteiger partial charge in [0, 0.05) is 7.05 Å². The molecule has 0 aliphatic heterocycles. The van der Waals surface area contributed by atoms with E-state index in [1.165, 1.54) is 11.9 Å². The van der Waals surface area contributed by atoms with E-state index in [-0.39, 0.29) is 19.1 Å². The summed E-state index contributed by atoms with van der Waals surface area (Å²) in [5, 5.41) is 9.28. The number of hydrogen-bond acceptors (Lipinski definition) is 4. The largest absolute Gasteiger partial charge is 0.481 e. The fourth-order valence-electron chi connectivity index (χ4n) is 3.10. The molecule has 1 aromatic rings. The van der Waals surface area contributed by atoms with Crippen LogP contribution in [0.2, 0.25) is 0 Å². The molecule has 1 fully saturated rings. The van der Waals surface area contributed by atoms with Crippen molar-refractivity contribution in [3.05, 3.63) is 35.9 Å². The van der Waals surface area contributed by atoms with Gasteiger partial charge in [-0.2, -0.15) is 0 Å². The molecule has 25 heavy (non-hydrogen) atoms. The topological polar surface area (TPSA) is 95.9 Å². The second kappa shape index (κ2) is 9.17. The third kappa shape index (κ3) is 5.56. The summed E-state index contributed by atoms with van der Waals surface area (Å²) in [7, 11) is 1.51. The van der Waals surface area contributed by atoms with Crippen molar-refractivity contribution in [2.45, 2.75) is 32.3 Å². The van der Waals surface area contributed by atoms with E-state index in [1.54, 1.807) is 0 Å². The number of hydrogen-bond donors (Lipinski definition) is 2. The molecule has 136 valence electrons. The molecule has 2 atom stereocenters. The summed E-state index contributed by atoms with van der Waals surface area (Å²) in [6.45, 7) is 0.0599. The van der Waals surface area contributed by atoms with Crippen molar-refractivity contribution in [1.82, 2.24) is 10.4 Å². The first-order chi connectivity index (χ1) is 12.0. The molecule has 1 aliphatic rings. The molecular weight excluding hydrogens is 324 g/mol. The van der Waals surface area contributed by atoms with Gasteiger partial charge in [-0.25, -0.2) is 5.48 Å². The van der Waals surface area contributed by atoms with Crippen LogP contribution in [0.15, 0.2) is 30.3 Å². The zero-order valence-corrected chi connectivity index (χ0v) is 14.3. The number of likely N-dealkylation sites (N-methyl/N-ethyl adjacent to an activating group) is 1. The highest BCUT2D eigenvalue weighted by molar-refractivity contribution is 5.88. The number of carbonyl (C=O) groups excluding carboxylic acids is 2. The molecule has 1 saturated carbocycles. The summed E-state index contributed by atoms with van der Waals surface area (Å²) in [4.78, 5) is 42.1. The molecule has 2 rings (SSSR count). The molecule has 0 saturated heterocycles. The highest BCUT2D eigenvalue weighted by Crippen LogP contribution is 2.31. The van der Waals surface area contributed by atoms with Gasteiger partial charge in [-0.15, -0.1) is 0 Å². The van der Waals surface area contributed by atoms with Crippen molar-refractivity contribution in [2.75, 3.05) is 13.6 Å². The standard InChI is InChI=1S/C18H24N2O5/c1-20(17(22)14-9-5-6-10-15(14)18(23)24)11-16(21)19-25-12-13-7-3-2-4-8-13/h2-4,7-8,14-15H,5-6,9-12H2,1H3,(H,19,21)(H,23,24)/t14-,15-/m0/s1. The third-order valence-electron chi connectivity index (χ3n) is 4.43. The average Bonchev–Trinajstić information content (AvgIpc) is 2.61. The van der Waals surface area contributed by atoms with Crippen molar-refractivity contribution in [3.8, 4) is 0 Å². The number of aliphatic carboxylic acids is 1. The van der Waals surface area contributed by atoms with Crippen molar-refractivity contribution in [3.63, 3.8) is 0 Å². The van der Waals surface area contributed by atoms with Crippen molar-refractivity contribution < 1.29 is 24.3 Å². The average molecular weight is 348 g/mol. The number of benzene rings is 1. The van der Waals surface area contributed by atoms with E-state index in [0.29, 0.717) is 12.8 Å². The first-order valence-corrected chi connectivity index (χ1v) is 8.41. The van der Waals surface area contributed by atoms with E-state index in [1.807, 2.05) is 30.3 Å². The molecule has 0 aromatic heterocycles. The maximum atomic E-state index is 12.5. The molecule has 0 radical (unpaired) electrons. The van der Waals surface area contributed by atoms with E-state index >= 15 is 0 Å². The number of carboxylic acids is 1. The maximum absolute atomic E-state index is 12.5. The van der Waals surface area contributed by atoms with E-state index in [0.717, 1.165) is 18.4 Å². The van der Waals surface area contributed by atoms with Gasteiger partial charge < -0.3 is 10.0 Å². The van der Waals surface area contributed by atoms with Gasteiger partial charge in [0.25, 0.3) is 5.91 Å². The second-order valence-corrected chi connectivity index (χ2v) is 6.33. The number of nitrogens with zero attached hydrogens (tertiary/aromatic N) is 1. The smallest absolute Gasteiger partial charge is 0.307 e. The summed E-state index contributed by atoms with van der Waals surface area (Å²) in [6.07, 6.45) is 2.71. The van der Waals surface area contributed by atoms with Crippen molar-refractivity contribution >= 4 is 17.8 Å². The van der Waals surface area contributed by atoms with Crippen molar-refractivity contribution in [1.29, 1.82) is 0 Å². The van der Waals surface area contributed by atoms with Gasteiger partial charge in [0.2, 0.25) is 5.91 Å². The quantitative estimate of drug-likeness (QED) is 0.730. The molecule has 1 aliphatic carbocycles. The number of nitrogens with one attached hydrogen (secondary N) is 1. The molecular formula is C18H24N2O5. The van der Waals surface area contributed by atoms with Crippen LogP contribution in [-0.2, 0) is 25.8 Å². The first-order valence-electron chi connectivity index (χ1n) is 8.41. The Labute approximate surface area is 146 Å². The summed E-state index contributed by atoms with van der Waals surface area (Å²) in [5.74, 6) is -2.92. The molecule has 1 aromatic carbocycles. The van der Waals surface area contributed by atoms with Crippen LogP contribution >= 0.6 is 0 Å². The Kier molecular flexibility index (Phi) is 6.94. The first kappa shape index (κ1) is 18.9. The SMILES string of the molecule is CN(CC(=O)NOCc1ccccc1)C(=O)[C@H]1CCCC[C@@H]1C(=O)O. The van der Waals surface area contributed by atoms with E-state index in [9.17, 15) is 19.5 Å². The van der Waals surface area contributed by atoms with Gasteiger partial charge >= 0.3 is 5.97 Å². The van der Waals surface area contributed by atoms with Crippen LogP contribution in [0.25, 0.3) is 0 Å². The fourth-order valence-corrected chi connectivity index (χ4v) is 3.10. The lowest BCUT2D eigenvalue weighted by Crippen LogP contribution is -2.44. The van der Waals surface area contributed by atoms with Gasteiger partial charge in [-0.05, 0) is 18.4 Å². The van der Waals surface area contributed by atoms with Crippen LogP contribution in [0, 0.1) is 11.8 Å². The zero-order chi connectivity index (χ0) is 18.2. The molecule has 0 unspecified atom stereocenters. The van der Waals surface area contributed by atoms with Gasteiger partial charge in [0.05, 0.1) is 18.4 Å². The predicted molar refractivity (Wildman–Crippen MR) is 90.1 cm³/mol. The summed E-state index contributed by atoms with van der Waals surface area (Å²) in [5.41, 5.74) is 3.22. The lowest BCUT2D eigenvalue weighted by molar-refractivity contribution is -0.153. The minimum Gasteiger partial charge on any atom is -0.481 e. The van der Waals surface area contributed by atoms with Crippen LogP contribution < -0.4 is 5.48 Å². The number of carboxylic acid groups (broad SMARTS) is 1. The maximum Gasteiger partial charge on any atom is 0.307 e. The lowest BCUT2D eigenvalue weighted by atomic mass is 9.78. The summed E-state index contributed by atoms with van der Waals surface area (Å²) >= 11 is 0. The number of hydroxylamine groups is 1. The Morgan fingerprint density at radius 3 is 2.44 bits per heavy atom. The Morgan fingerprint density at radius 2 is 1.80 bits per heavy atom.